The minimum Gasteiger partial charge on any atom is -0.349 e. The summed E-state index contributed by atoms with van der Waals surface area (Å²) < 4.78 is 0. The molecule has 0 radical (unpaired) electrons. The molecule has 1 saturated heterocycles. The van der Waals surface area contributed by atoms with E-state index in [4.69, 9.17) is 0 Å². The molecule has 1 heterocycles. The van der Waals surface area contributed by atoms with Crippen LogP contribution in [0.1, 0.15) is 46.8 Å². The number of amides is 1. The molecular weight excluding hydrogens is 272 g/mol. The van der Waals surface area contributed by atoms with Crippen molar-refractivity contribution in [3.63, 3.8) is 0 Å². The largest absolute Gasteiger partial charge is 0.349 e. The lowest BCUT2D eigenvalue weighted by atomic mass is 9.97. The quantitative estimate of drug-likeness (QED) is 0.881. The Kier molecular flexibility index (Phi) is 6.03. The number of carbonyl (C=O) groups is 1. The summed E-state index contributed by atoms with van der Waals surface area (Å²) in [6.45, 7) is 9.24. The summed E-state index contributed by atoms with van der Waals surface area (Å²) in [6.07, 6.45) is 2.02. The predicted molar refractivity (Wildman–Crippen MR) is 85.9 cm³/mol. The third kappa shape index (κ3) is 3.97. The molecule has 1 aliphatic rings. The zero-order valence-corrected chi connectivity index (χ0v) is 13.6. The minimum absolute atomic E-state index is 0. The summed E-state index contributed by atoms with van der Waals surface area (Å²) >= 11 is 0. The number of carbonyl (C=O) groups excluding carboxylic acids is 1. The zero-order valence-electron chi connectivity index (χ0n) is 12.7. The Morgan fingerprint density at radius 2 is 1.85 bits per heavy atom. The average Bonchev–Trinajstić information content (AvgIpc) is 2.27. The van der Waals surface area contributed by atoms with Crippen molar-refractivity contribution in [1.29, 1.82) is 0 Å². The molecule has 1 amide bonds. The van der Waals surface area contributed by atoms with E-state index in [0.29, 0.717) is 12.1 Å². The molecule has 2 N–H and O–H groups in total. The maximum atomic E-state index is 12.4. The van der Waals surface area contributed by atoms with Crippen LogP contribution in [0.2, 0.25) is 0 Å². The van der Waals surface area contributed by atoms with Crippen LogP contribution in [0.4, 0.5) is 0 Å². The Balaban J connectivity index is 0.00000200. The van der Waals surface area contributed by atoms with Crippen LogP contribution in [0.3, 0.4) is 0 Å². The predicted octanol–water partition coefficient (Wildman–Crippen LogP) is 2.90. The van der Waals surface area contributed by atoms with Gasteiger partial charge < -0.3 is 10.6 Å². The van der Waals surface area contributed by atoms with Crippen LogP contribution in [-0.2, 0) is 0 Å². The molecule has 1 fully saturated rings. The van der Waals surface area contributed by atoms with Crippen LogP contribution in [0.5, 0.6) is 0 Å². The van der Waals surface area contributed by atoms with Gasteiger partial charge in [0.05, 0.1) is 0 Å². The number of nitrogens with one attached hydrogen (secondary N) is 2. The lowest BCUT2D eigenvalue weighted by Crippen LogP contribution is -2.46. The molecule has 2 unspecified atom stereocenters. The van der Waals surface area contributed by atoms with Crippen LogP contribution in [-0.4, -0.2) is 24.5 Å². The first-order valence-electron chi connectivity index (χ1n) is 7.09. The van der Waals surface area contributed by atoms with Crippen LogP contribution in [0.25, 0.3) is 0 Å². The Morgan fingerprint density at radius 3 is 2.40 bits per heavy atom. The second-order valence-electron chi connectivity index (χ2n) is 5.82. The molecule has 3 nitrogen and oxygen atoms in total. The molecule has 20 heavy (non-hydrogen) atoms. The van der Waals surface area contributed by atoms with Gasteiger partial charge in [0.1, 0.15) is 0 Å². The highest BCUT2D eigenvalue weighted by molar-refractivity contribution is 5.97. The van der Waals surface area contributed by atoms with Crippen molar-refractivity contribution in [2.45, 2.75) is 52.6 Å². The third-order valence-corrected chi connectivity index (χ3v) is 3.86. The van der Waals surface area contributed by atoms with Gasteiger partial charge in [0.25, 0.3) is 5.91 Å². The minimum atomic E-state index is 0. The molecule has 2 atom stereocenters. The highest BCUT2D eigenvalue weighted by Gasteiger charge is 2.21. The Hall–Kier alpha value is -1.06. The van der Waals surface area contributed by atoms with Crippen LogP contribution in [0, 0.1) is 20.8 Å². The Morgan fingerprint density at radius 1 is 1.25 bits per heavy atom. The molecule has 0 bridgehead atoms. The Bertz CT molecular complexity index is 464. The number of piperidine rings is 1. The number of aryl methyl sites for hydroxylation is 3. The van der Waals surface area contributed by atoms with Gasteiger partial charge in [-0.05, 0) is 58.2 Å². The molecule has 2 rings (SSSR count). The van der Waals surface area contributed by atoms with Crippen molar-refractivity contribution in [2.24, 2.45) is 0 Å². The fourth-order valence-corrected chi connectivity index (χ4v) is 3.06. The Labute approximate surface area is 127 Å². The van der Waals surface area contributed by atoms with E-state index in [1.807, 2.05) is 13.8 Å². The van der Waals surface area contributed by atoms with Gasteiger partial charge >= 0.3 is 0 Å². The topological polar surface area (TPSA) is 41.1 Å². The molecule has 1 aromatic carbocycles. The fourth-order valence-electron chi connectivity index (χ4n) is 3.06. The zero-order chi connectivity index (χ0) is 14.0. The van der Waals surface area contributed by atoms with Gasteiger partial charge in [-0.25, -0.2) is 0 Å². The molecule has 0 saturated carbocycles. The van der Waals surface area contributed by atoms with Crippen molar-refractivity contribution in [3.8, 4) is 0 Å². The highest BCUT2D eigenvalue weighted by atomic mass is 35.5. The van der Waals surface area contributed by atoms with Gasteiger partial charge in [-0.15, -0.1) is 12.4 Å². The summed E-state index contributed by atoms with van der Waals surface area (Å²) in [4.78, 5) is 12.4. The normalized spacial score (nSPS) is 22.0. The van der Waals surface area contributed by atoms with Crippen LogP contribution in [0.15, 0.2) is 12.1 Å². The summed E-state index contributed by atoms with van der Waals surface area (Å²) in [7, 11) is 0. The number of halogens is 1. The highest BCUT2D eigenvalue weighted by Crippen LogP contribution is 2.17. The molecule has 1 aliphatic heterocycles. The molecule has 0 aliphatic carbocycles. The second kappa shape index (κ2) is 7.09. The van der Waals surface area contributed by atoms with Crippen LogP contribution < -0.4 is 10.6 Å². The molecule has 1 aromatic rings. The second-order valence-corrected chi connectivity index (χ2v) is 5.82. The van der Waals surface area contributed by atoms with E-state index >= 15 is 0 Å². The van der Waals surface area contributed by atoms with Gasteiger partial charge in [-0.1, -0.05) is 17.7 Å². The van der Waals surface area contributed by atoms with Crippen molar-refractivity contribution in [2.75, 3.05) is 6.54 Å². The maximum absolute atomic E-state index is 12.4. The van der Waals surface area contributed by atoms with Crippen molar-refractivity contribution < 1.29 is 4.79 Å². The number of hydrogen-bond acceptors (Lipinski definition) is 2. The van der Waals surface area contributed by atoms with Crippen molar-refractivity contribution in [1.82, 2.24) is 10.6 Å². The number of hydrogen-bond donors (Lipinski definition) is 2. The maximum Gasteiger partial charge on any atom is 0.252 e. The molecule has 4 heteroatoms. The van der Waals surface area contributed by atoms with Gasteiger partial charge in [-0.3, -0.25) is 4.79 Å². The van der Waals surface area contributed by atoms with Crippen LogP contribution >= 0.6 is 12.4 Å². The van der Waals surface area contributed by atoms with Gasteiger partial charge in [0, 0.05) is 17.6 Å². The van der Waals surface area contributed by atoms with Crippen molar-refractivity contribution in [3.05, 3.63) is 34.4 Å². The summed E-state index contributed by atoms with van der Waals surface area (Å²) in [6, 6.07) is 4.93. The molecule has 0 aromatic heterocycles. The summed E-state index contributed by atoms with van der Waals surface area (Å²) in [5, 5.41) is 6.59. The van der Waals surface area contributed by atoms with Gasteiger partial charge in [0.2, 0.25) is 0 Å². The van der Waals surface area contributed by atoms with E-state index in [0.717, 1.165) is 36.1 Å². The first-order chi connectivity index (χ1) is 8.97. The third-order valence-electron chi connectivity index (χ3n) is 3.86. The van der Waals surface area contributed by atoms with Gasteiger partial charge in [-0.2, -0.15) is 0 Å². The average molecular weight is 297 g/mol. The number of benzene rings is 1. The van der Waals surface area contributed by atoms with E-state index in [2.05, 4.69) is 36.6 Å². The standard InChI is InChI=1S/C16H24N2O.ClH/c1-10-7-11(2)15(12(3)8-10)16(19)18-14-5-6-17-13(4)9-14;/h7-8,13-14,17H,5-6,9H2,1-4H3,(H,18,19);1H. The van der Waals surface area contributed by atoms with E-state index < -0.39 is 0 Å². The van der Waals surface area contributed by atoms with E-state index in [1.165, 1.54) is 5.56 Å². The molecule has 112 valence electrons. The smallest absolute Gasteiger partial charge is 0.252 e. The van der Waals surface area contributed by atoms with E-state index in [-0.39, 0.29) is 18.3 Å². The molecular formula is C16H25ClN2O. The lowest BCUT2D eigenvalue weighted by molar-refractivity contribution is 0.0924. The van der Waals surface area contributed by atoms with Gasteiger partial charge in [0.15, 0.2) is 0 Å². The SMILES string of the molecule is Cc1cc(C)c(C(=O)NC2CCNC(C)C2)c(C)c1.Cl. The first kappa shape index (κ1) is 17.0. The lowest BCUT2D eigenvalue weighted by Gasteiger charge is -2.29. The monoisotopic (exact) mass is 296 g/mol. The summed E-state index contributed by atoms with van der Waals surface area (Å²) in [5.74, 6) is 0.0779. The summed E-state index contributed by atoms with van der Waals surface area (Å²) in [5.41, 5.74) is 4.19. The van der Waals surface area contributed by atoms with E-state index in [1.54, 1.807) is 0 Å². The molecule has 0 spiro atoms. The fraction of sp³-hybridized carbons (Fsp3) is 0.562. The number of rotatable bonds is 2. The first-order valence-corrected chi connectivity index (χ1v) is 7.09. The van der Waals surface area contributed by atoms with Crippen molar-refractivity contribution >= 4 is 18.3 Å². The van der Waals surface area contributed by atoms with E-state index in [9.17, 15) is 4.79 Å².